The van der Waals surface area contributed by atoms with Crippen LogP contribution in [0.2, 0.25) is 0 Å². The molecule has 0 atom stereocenters. The highest BCUT2D eigenvalue weighted by Gasteiger charge is 2.32. The molecule has 5 heteroatoms. The summed E-state index contributed by atoms with van der Waals surface area (Å²) < 4.78 is 0. The van der Waals surface area contributed by atoms with Crippen LogP contribution >= 0.6 is 0 Å². The predicted molar refractivity (Wildman–Crippen MR) is 71.0 cm³/mol. The van der Waals surface area contributed by atoms with Crippen molar-refractivity contribution in [2.45, 2.75) is 38.3 Å². The van der Waals surface area contributed by atoms with Crippen molar-refractivity contribution in [3.8, 4) is 0 Å². The Bertz CT molecular complexity index is 478. The van der Waals surface area contributed by atoms with E-state index >= 15 is 0 Å². The van der Waals surface area contributed by atoms with Gasteiger partial charge in [0.1, 0.15) is 0 Å². The van der Waals surface area contributed by atoms with E-state index in [2.05, 4.69) is 10.6 Å². The predicted octanol–water partition coefficient (Wildman–Crippen LogP) is 2.13. The summed E-state index contributed by atoms with van der Waals surface area (Å²) in [5, 5.41) is 14.5. The van der Waals surface area contributed by atoms with E-state index in [0.29, 0.717) is 6.54 Å². The molecule has 1 fully saturated rings. The third kappa shape index (κ3) is 3.47. The van der Waals surface area contributed by atoms with E-state index in [1.807, 2.05) is 6.92 Å². The molecule has 2 rings (SSSR count). The van der Waals surface area contributed by atoms with Crippen molar-refractivity contribution < 1.29 is 14.7 Å². The Hall–Kier alpha value is -2.04. The minimum atomic E-state index is -0.949. The molecular formula is C14H18N2O3. The molecule has 0 unspecified atom stereocenters. The molecule has 0 saturated heterocycles. The zero-order chi connectivity index (χ0) is 13.9. The van der Waals surface area contributed by atoms with Crippen molar-refractivity contribution >= 4 is 12.0 Å². The van der Waals surface area contributed by atoms with Crippen LogP contribution in [0.15, 0.2) is 24.3 Å². The Morgan fingerprint density at radius 1 is 1.26 bits per heavy atom. The molecule has 0 aromatic heterocycles. The molecule has 1 saturated carbocycles. The summed E-state index contributed by atoms with van der Waals surface area (Å²) in [5.74, 6) is -0.949. The van der Waals surface area contributed by atoms with Gasteiger partial charge in [0.25, 0.3) is 0 Å². The van der Waals surface area contributed by atoms with Crippen LogP contribution in [0.3, 0.4) is 0 Å². The molecule has 3 N–H and O–H groups in total. The number of carboxylic acids is 1. The lowest BCUT2D eigenvalue weighted by molar-refractivity contribution is 0.0697. The molecule has 1 aliphatic carbocycles. The highest BCUT2D eigenvalue weighted by molar-refractivity contribution is 5.87. The average Bonchev–Trinajstić information content (AvgIpc) is 2.35. The van der Waals surface area contributed by atoms with Crippen molar-refractivity contribution in [1.29, 1.82) is 0 Å². The van der Waals surface area contributed by atoms with E-state index in [4.69, 9.17) is 5.11 Å². The quantitative estimate of drug-likeness (QED) is 0.777. The van der Waals surface area contributed by atoms with Gasteiger partial charge in [0, 0.05) is 12.1 Å². The van der Waals surface area contributed by atoms with Crippen molar-refractivity contribution in [1.82, 2.24) is 10.6 Å². The van der Waals surface area contributed by atoms with E-state index in [-0.39, 0.29) is 17.1 Å². The third-order valence-electron chi connectivity index (χ3n) is 3.53. The second-order valence-electron chi connectivity index (χ2n) is 5.22. The van der Waals surface area contributed by atoms with Crippen LogP contribution in [0.1, 0.15) is 42.1 Å². The number of amides is 2. The summed E-state index contributed by atoms with van der Waals surface area (Å²) in [4.78, 5) is 22.4. The van der Waals surface area contributed by atoms with E-state index in [1.54, 1.807) is 12.1 Å². The molecule has 0 bridgehead atoms. The fourth-order valence-corrected chi connectivity index (χ4v) is 2.10. The molecule has 19 heavy (non-hydrogen) atoms. The van der Waals surface area contributed by atoms with E-state index in [1.165, 1.54) is 12.1 Å². The number of hydrogen-bond acceptors (Lipinski definition) is 2. The molecule has 1 aromatic carbocycles. The zero-order valence-electron chi connectivity index (χ0n) is 10.9. The molecule has 0 radical (unpaired) electrons. The topological polar surface area (TPSA) is 78.4 Å². The summed E-state index contributed by atoms with van der Waals surface area (Å²) in [6.07, 6.45) is 3.20. The molecule has 1 aromatic rings. The van der Waals surface area contributed by atoms with Gasteiger partial charge >= 0.3 is 12.0 Å². The van der Waals surface area contributed by atoms with Crippen LogP contribution in [0.4, 0.5) is 4.79 Å². The Morgan fingerprint density at radius 2 is 1.89 bits per heavy atom. The van der Waals surface area contributed by atoms with Crippen LogP contribution in [0.5, 0.6) is 0 Å². The molecule has 1 aliphatic rings. The first-order valence-electron chi connectivity index (χ1n) is 6.37. The summed E-state index contributed by atoms with van der Waals surface area (Å²) in [7, 11) is 0. The van der Waals surface area contributed by atoms with Gasteiger partial charge in [-0.2, -0.15) is 0 Å². The second-order valence-corrected chi connectivity index (χ2v) is 5.22. The number of carboxylic acid groups (broad SMARTS) is 1. The Morgan fingerprint density at radius 3 is 2.37 bits per heavy atom. The van der Waals surface area contributed by atoms with E-state index in [9.17, 15) is 9.59 Å². The first kappa shape index (κ1) is 13.4. The Labute approximate surface area is 112 Å². The third-order valence-corrected chi connectivity index (χ3v) is 3.53. The van der Waals surface area contributed by atoms with Crippen molar-refractivity contribution in [2.24, 2.45) is 0 Å². The van der Waals surface area contributed by atoms with Crippen LogP contribution in [-0.2, 0) is 6.54 Å². The molecule has 0 spiro atoms. The lowest BCUT2D eigenvalue weighted by Gasteiger charge is -2.39. The number of hydrogen-bond donors (Lipinski definition) is 3. The summed E-state index contributed by atoms with van der Waals surface area (Å²) in [6, 6.07) is 6.29. The minimum absolute atomic E-state index is 0.0583. The normalized spacial score (nSPS) is 16.3. The van der Waals surface area contributed by atoms with Gasteiger partial charge < -0.3 is 15.7 Å². The maximum atomic E-state index is 11.7. The molecule has 102 valence electrons. The van der Waals surface area contributed by atoms with Crippen LogP contribution < -0.4 is 10.6 Å². The van der Waals surface area contributed by atoms with Gasteiger partial charge in [0.15, 0.2) is 0 Å². The minimum Gasteiger partial charge on any atom is -0.478 e. The highest BCUT2D eigenvalue weighted by atomic mass is 16.4. The molecule has 2 amide bonds. The summed E-state index contributed by atoms with van der Waals surface area (Å²) in [5.41, 5.74) is 1.06. The first-order chi connectivity index (χ1) is 8.98. The highest BCUT2D eigenvalue weighted by Crippen LogP contribution is 2.30. The van der Waals surface area contributed by atoms with Crippen molar-refractivity contribution in [3.63, 3.8) is 0 Å². The van der Waals surface area contributed by atoms with Gasteiger partial charge in [-0.05, 0) is 43.9 Å². The Balaban J connectivity index is 1.81. The molecule has 0 aliphatic heterocycles. The van der Waals surface area contributed by atoms with Crippen LogP contribution in [0, 0.1) is 0 Å². The smallest absolute Gasteiger partial charge is 0.335 e. The van der Waals surface area contributed by atoms with Crippen LogP contribution in [0.25, 0.3) is 0 Å². The number of carbonyl (C=O) groups excluding carboxylic acids is 1. The SMILES string of the molecule is CC1(NC(=O)NCc2ccc(C(=O)O)cc2)CCC1. The number of rotatable bonds is 4. The van der Waals surface area contributed by atoms with Gasteiger partial charge in [-0.1, -0.05) is 12.1 Å². The standard InChI is InChI=1S/C14H18N2O3/c1-14(7-2-8-14)16-13(19)15-9-10-3-5-11(6-4-10)12(17)18/h3-6H,2,7-9H2,1H3,(H,17,18)(H2,15,16,19). The largest absolute Gasteiger partial charge is 0.478 e. The molecular weight excluding hydrogens is 244 g/mol. The average molecular weight is 262 g/mol. The number of benzene rings is 1. The molecule has 0 heterocycles. The molecule has 5 nitrogen and oxygen atoms in total. The van der Waals surface area contributed by atoms with Gasteiger partial charge in [0.2, 0.25) is 0 Å². The Kier molecular flexibility index (Phi) is 3.74. The maximum Gasteiger partial charge on any atom is 0.335 e. The lowest BCUT2D eigenvalue weighted by Crippen LogP contribution is -2.54. The monoisotopic (exact) mass is 262 g/mol. The number of nitrogens with one attached hydrogen (secondary N) is 2. The van der Waals surface area contributed by atoms with E-state index in [0.717, 1.165) is 24.8 Å². The summed E-state index contributed by atoms with van der Waals surface area (Å²) in [6.45, 7) is 2.43. The summed E-state index contributed by atoms with van der Waals surface area (Å²) >= 11 is 0. The number of urea groups is 1. The number of aromatic carboxylic acids is 1. The fourth-order valence-electron chi connectivity index (χ4n) is 2.10. The van der Waals surface area contributed by atoms with Gasteiger partial charge in [-0.15, -0.1) is 0 Å². The lowest BCUT2D eigenvalue weighted by atomic mass is 9.79. The maximum absolute atomic E-state index is 11.7. The van der Waals surface area contributed by atoms with Gasteiger partial charge in [-0.3, -0.25) is 0 Å². The van der Waals surface area contributed by atoms with Crippen molar-refractivity contribution in [3.05, 3.63) is 35.4 Å². The van der Waals surface area contributed by atoms with Crippen LogP contribution in [-0.4, -0.2) is 22.6 Å². The second kappa shape index (κ2) is 5.30. The first-order valence-corrected chi connectivity index (χ1v) is 6.37. The van der Waals surface area contributed by atoms with Crippen molar-refractivity contribution in [2.75, 3.05) is 0 Å². The van der Waals surface area contributed by atoms with Gasteiger partial charge in [-0.25, -0.2) is 9.59 Å². The van der Waals surface area contributed by atoms with E-state index < -0.39 is 5.97 Å². The number of carbonyl (C=O) groups is 2. The zero-order valence-corrected chi connectivity index (χ0v) is 10.9. The van der Waals surface area contributed by atoms with Gasteiger partial charge in [0.05, 0.1) is 5.56 Å². The fraction of sp³-hybridized carbons (Fsp3) is 0.429.